The van der Waals surface area contributed by atoms with E-state index in [9.17, 15) is 9.59 Å². The number of carbonyl (C=O) groups is 2. The zero-order valence-corrected chi connectivity index (χ0v) is 12.0. The van der Waals surface area contributed by atoms with Gasteiger partial charge in [0.2, 0.25) is 5.91 Å². The number of rotatable bonds is 6. The van der Waals surface area contributed by atoms with Crippen LogP contribution in [0.15, 0.2) is 42.6 Å². The molecule has 1 aromatic heterocycles. The predicted molar refractivity (Wildman–Crippen MR) is 81.0 cm³/mol. The van der Waals surface area contributed by atoms with Crippen LogP contribution in [0, 0.1) is 11.3 Å². The van der Waals surface area contributed by atoms with Gasteiger partial charge in [-0.15, -0.1) is 0 Å². The molecular formula is C16H13N3O4. The Morgan fingerprint density at radius 1 is 1.17 bits per heavy atom. The number of nitrogens with one attached hydrogen (secondary N) is 1. The highest BCUT2D eigenvalue weighted by molar-refractivity contribution is 5.92. The summed E-state index contributed by atoms with van der Waals surface area (Å²) < 4.78 is 5.58. The van der Waals surface area contributed by atoms with Crippen LogP contribution in [0.3, 0.4) is 0 Å². The van der Waals surface area contributed by atoms with E-state index in [0.717, 1.165) is 0 Å². The van der Waals surface area contributed by atoms with Crippen LogP contribution in [0.4, 0.5) is 5.69 Å². The molecule has 1 amide bonds. The molecule has 23 heavy (non-hydrogen) atoms. The summed E-state index contributed by atoms with van der Waals surface area (Å²) in [4.78, 5) is 25.8. The average molecular weight is 311 g/mol. The number of anilines is 1. The van der Waals surface area contributed by atoms with E-state index in [1.807, 2.05) is 6.07 Å². The monoisotopic (exact) mass is 311 g/mol. The van der Waals surface area contributed by atoms with E-state index < -0.39 is 5.97 Å². The molecule has 0 aliphatic heterocycles. The third-order valence-corrected chi connectivity index (χ3v) is 2.79. The zero-order chi connectivity index (χ0) is 16.7. The molecule has 0 aliphatic carbocycles. The van der Waals surface area contributed by atoms with Crippen LogP contribution in [-0.4, -0.2) is 22.0 Å². The highest BCUT2D eigenvalue weighted by Gasteiger charge is 2.06. The van der Waals surface area contributed by atoms with Crippen molar-refractivity contribution in [3.8, 4) is 17.6 Å². The standard InChI is InChI=1S/C16H13N3O4/c17-10-12-9-14(7-8-18-12)23-13-3-1-11(2-4-13)19-15(20)5-6-16(21)22/h1-4,7-9H,5-6H2,(H,19,20)(H,21,22). The van der Waals surface area contributed by atoms with Crippen molar-refractivity contribution >= 4 is 17.6 Å². The van der Waals surface area contributed by atoms with E-state index in [1.165, 1.54) is 12.3 Å². The number of amides is 1. The van der Waals surface area contributed by atoms with Gasteiger partial charge in [0.1, 0.15) is 23.3 Å². The minimum atomic E-state index is -1.02. The Hall–Kier alpha value is -3.40. The first-order valence-corrected chi connectivity index (χ1v) is 6.72. The van der Waals surface area contributed by atoms with Crippen LogP contribution < -0.4 is 10.1 Å². The van der Waals surface area contributed by atoms with Crippen molar-refractivity contribution in [3.63, 3.8) is 0 Å². The van der Waals surface area contributed by atoms with Gasteiger partial charge in [-0.2, -0.15) is 5.26 Å². The second-order valence-electron chi connectivity index (χ2n) is 4.56. The number of carboxylic acid groups (broad SMARTS) is 1. The summed E-state index contributed by atoms with van der Waals surface area (Å²) in [5.74, 6) is -0.370. The van der Waals surface area contributed by atoms with E-state index in [1.54, 1.807) is 30.3 Å². The van der Waals surface area contributed by atoms with E-state index in [4.69, 9.17) is 15.1 Å². The van der Waals surface area contributed by atoms with Crippen LogP contribution >= 0.6 is 0 Å². The van der Waals surface area contributed by atoms with Gasteiger partial charge in [0, 0.05) is 24.4 Å². The van der Waals surface area contributed by atoms with Crippen molar-refractivity contribution in [2.75, 3.05) is 5.32 Å². The summed E-state index contributed by atoms with van der Waals surface area (Å²) in [7, 11) is 0. The molecule has 2 N–H and O–H groups in total. The molecule has 0 fully saturated rings. The fourth-order valence-electron chi connectivity index (χ4n) is 1.72. The van der Waals surface area contributed by atoms with Crippen molar-refractivity contribution in [1.29, 1.82) is 5.26 Å². The topological polar surface area (TPSA) is 112 Å². The van der Waals surface area contributed by atoms with Gasteiger partial charge < -0.3 is 15.2 Å². The van der Waals surface area contributed by atoms with Crippen LogP contribution in [0.5, 0.6) is 11.5 Å². The molecule has 2 rings (SSSR count). The fourth-order valence-corrected chi connectivity index (χ4v) is 1.72. The van der Waals surface area contributed by atoms with Crippen molar-refractivity contribution in [2.24, 2.45) is 0 Å². The lowest BCUT2D eigenvalue weighted by Gasteiger charge is -2.08. The number of carboxylic acids is 1. The SMILES string of the molecule is N#Cc1cc(Oc2ccc(NC(=O)CCC(=O)O)cc2)ccn1. The fraction of sp³-hybridized carbons (Fsp3) is 0.125. The number of nitrogens with zero attached hydrogens (tertiary/aromatic N) is 2. The van der Waals surface area contributed by atoms with E-state index >= 15 is 0 Å². The first kappa shape index (κ1) is 16.0. The summed E-state index contributed by atoms with van der Waals surface area (Å²) >= 11 is 0. The number of aliphatic carboxylic acids is 1. The summed E-state index contributed by atoms with van der Waals surface area (Å²) in [6.45, 7) is 0. The van der Waals surface area contributed by atoms with Gasteiger partial charge >= 0.3 is 5.97 Å². The lowest BCUT2D eigenvalue weighted by atomic mass is 10.2. The Labute approximate surface area is 132 Å². The molecule has 116 valence electrons. The largest absolute Gasteiger partial charge is 0.481 e. The van der Waals surface area contributed by atoms with Crippen LogP contribution in [-0.2, 0) is 9.59 Å². The van der Waals surface area contributed by atoms with Crippen molar-refractivity contribution in [1.82, 2.24) is 4.98 Å². The third-order valence-electron chi connectivity index (χ3n) is 2.79. The number of hydrogen-bond acceptors (Lipinski definition) is 5. The van der Waals surface area contributed by atoms with Gasteiger partial charge in [0.25, 0.3) is 0 Å². The highest BCUT2D eigenvalue weighted by atomic mass is 16.5. The molecule has 0 unspecified atom stereocenters. The molecule has 1 aromatic carbocycles. The molecule has 7 nitrogen and oxygen atoms in total. The molecule has 1 heterocycles. The molecule has 2 aromatic rings. The molecular weight excluding hydrogens is 298 g/mol. The second-order valence-corrected chi connectivity index (χ2v) is 4.56. The van der Waals surface area contributed by atoms with Crippen molar-refractivity contribution in [3.05, 3.63) is 48.3 Å². The molecule has 0 spiro atoms. The molecule has 0 saturated heterocycles. The van der Waals surface area contributed by atoms with Gasteiger partial charge in [-0.25, -0.2) is 4.98 Å². The van der Waals surface area contributed by atoms with E-state index in [2.05, 4.69) is 10.3 Å². The average Bonchev–Trinajstić information content (AvgIpc) is 2.55. The second kappa shape index (κ2) is 7.56. The van der Waals surface area contributed by atoms with E-state index in [-0.39, 0.29) is 24.4 Å². The summed E-state index contributed by atoms with van der Waals surface area (Å²) in [6, 6.07) is 11.6. The normalized spacial score (nSPS) is 9.70. The zero-order valence-electron chi connectivity index (χ0n) is 12.0. The van der Waals surface area contributed by atoms with Gasteiger partial charge in [0.15, 0.2) is 0 Å². The Kier molecular flexibility index (Phi) is 5.25. The van der Waals surface area contributed by atoms with Gasteiger partial charge in [-0.1, -0.05) is 0 Å². The molecule has 0 radical (unpaired) electrons. The van der Waals surface area contributed by atoms with Gasteiger partial charge in [-0.05, 0) is 30.3 Å². The molecule has 7 heteroatoms. The number of pyridine rings is 1. The Morgan fingerprint density at radius 3 is 2.57 bits per heavy atom. The Bertz CT molecular complexity index is 751. The number of nitriles is 1. The smallest absolute Gasteiger partial charge is 0.303 e. The third kappa shape index (κ3) is 5.13. The maximum atomic E-state index is 11.5. The van der Waals surface area contributed by atoms with Crippen molar-refractivity contribution < 1.29 is 19.4 Å². The molecule has 0 atom stereocenters. The number of hydrogen-bond donors (Lipinski definition) is 2. The van der Waals surface area contributed by atoms with E-state index in [0.29, 0.717) is 17.2 Å². The first-order valence-electron chi connectivity index (χ1n) is 6.72. The first-order chi connectivity index (χ1) is 11.1. The van der Waals surface area contributed by atoms with Crippen LogP contribution in [0.1, 0.15) is 18.5 Å². The maximum Gasteiger partial charge on any atom is 0.303 e. The summed E-state index contributed by atoms with van der Waals surface area (Å²) in [5.41, 5.74) is 0.796. The van der Waals surface area contributed by atoms with Crippen LogP contribution in [0.25, 0.3) is 0 Å². The minimum absolute atomic E-state index is 0.0818. The summed E-state index contributed by atoms with van der Waals surface area (Å²) in [6.07, 6.45) is 1.18. The maximum absolute atomic E-state index is 11.5. The number of aromatic nitrogens is 1. The van der Waals surface area contributed by atoms with Gasteiger partial charge in [0.05, 0.1) is 6.42 Å². The number of ether oxygens (including phenoxy) is 1. The Morgan fingerprint density at radius 2 is 1.91 bits per heavy atom. The highest BCUT2D eigenvalue weighted by Crippen LogP contribution is 2.23. The van der Waals surface area contributed by atoms with Crippen molar-refractivity contribution in [2.45, 2.75) is 12.8 Å². The molecule has 0 bridgehead atoms. The lowest BCUT2D eigenvalue weighted by molar-refractivity contribution is -0.138. The van der Waals surface area contributed by atoms with Crippen LogP contribution in [0.2, 0.25) is 0 Å². The summed E-state index contributed by atoms with van der Waals surface area (Å²) in [5, 5.41) is 19.9. The lowest BCUT2D eigenvalue weighted by Crippen LogP contribution is -2.12. The number of carbonyl (C=O) groups excluding carboxylic acids is 1. The number of benzene rings is 1. The quantitative estimate of drug-likeness (QED) is 0.847. The molecule has 0 saturated carbocycles. The minimum Gasteiger partial charge on any atom is -0.481 e. The Balaban J connectivity index is 1.95. The van der Waals surface area contributed by atoms with Gasteiger partial charge in [-0.3, -0.25) is 9.59 Å². The predicted octanol–water partition coefficient (Wildman–Crippen LogP) is 2.55. The molecule has 0 aliphatic rings.